The summed E-state index contributed by atoms with van der Waals surface area (Å²) in [5.41, 5.74) is 1.92. The van der Waals surface area contributed by atoms with Gasteiger partial charge in [0, 0.05) is 11.1 Å². The summed E-state index contributed by atoms with van der Waals surface area (Å²) in [6.45, 7) is 3.32. The molecule has 1 aromatic rings. The Kier molecular flexibility index (Phi) is 2.88. The number of rotatable bonds is 2. The van der Waals surface area contributed by atoms with E-state index in [0.29, 0.717) is 11.1 Å². The van der Waals surface area contributed by atoms with Gasteiger partial charge in [0.15, 0.2) is 5.78 Å². The Balaban J connectivity index is 3.27. The number of Topliss-reactive ketones (excluding diaryl/α,β-unsaturated/α-hetero) is 1. The van der Waals surface area contributed by atoms with Crippen LogP contribution >= 0.6 is 12.6 Å². The van der Waals surface area contributed by atoms with E-state index in [1.807, 2.05) is 6.92 Å². The lowest BCUT2D eigenvalue weighted by Gasteiger charge is -2.02. The topological polar surface area (TPSA) is 34.1 Å². The number of carbonyl (C=O) groups is 2. The van der Waals surface area contributed by atoms with Crippen LogP contribution in [0.1, 0.15) is 33.2 Å². The molecule has 0 aromatic heterocycles. The van der Waals surface area contributed by atoms with Crippen LogP contribution in [0.25, 0.3) is 0 Å². The molecule has 0 saturated heterocycles. The van der Waals surface area contributed by atoms with Gasteiger partial charge in [-0.25, -0.2) is 0 Å². The highest BCUT2D eigenvalue weighted by Gasteiger charge is 2.07. The van der Waals surface area contributed by atoms with Crippen LogP contribution in [0.15, 0.2) is 18.2 Å². The van der Waals surface area contributed by atoms with Crippen LogP contribution in [0.3, 0.4) is 0 Å². The van der Waals surface area contributed by atoms with Crippen LogP contribution in [0.2, 0.25) is 0 Å². The summed E-state index contributed by atoms with van der Waals surface area (Å²) in [6, 6.07) is 4.99. The largest absolute Gasteiger partial charge is 0.295 e. The van der Waals surface area contributed by atoms with Gasteiger partial charge < -0.3 is 0 Å². The summed E-state index contributed by atoms with van der Waals surface area (Å²) in [5, 5.41) is -0.317. The lowest BCUT2D eigenvalue weighted by molar-refractivity contribution is 0.101. The molecule has 3 heteroatoms. The zero-order valence-electron chi connectivity index (χ0n) is 7.50. The first-order chi connectivity index (χ1) is 6.02. The number of thiol groups is 1. The van der Waals surface area contributed by atoms with Crippen molar-refractivity contribution in [3.05, 3.63) is 34.9 Å². The maximum Gasteiger partial charge on any atom is 0.216 e. The molecule has 0 aliphatic heterocycles. The second-order valence-corrected chi connectivity index (χ2v) is 3.30. The number of hydrogen-bond acceptors (Lipinski definition) is 2. The van der Waals surface area contributed by atoms with E-state index in [4.69, 9.17) is 0 Å². The van der Waals surface area contributed by atoms with E-state index in [0.717, 1.165) is 5.56 Å². The molecular formula is C10H10O2S. The van der Waals surface area contributed by atoms with Crippen LogP contribution in [0, 0.1) is 6.92 Å². The monoisotopic (exact) mass is 194 g/mol. The molecule has 0 radical (unpaired) electrons. The minimum Gasteiger partial charge on any atom is -0.295 e. The fourth-order valence-corrected chi connectivity index (χ4v) is 1.27. The molecule has 0 bridgehead atoms. The predicted molar refractivity (Wildman–Crippen MR) is 54.5 cm³/mol. The van der Waals surface area contributed by atoms with Crippen molar-refractivity contribution >= 4 is 23.5 Å². The fourth-order valence-electron chi connectivity index (χ4n) is 1.13. The molecule has 0 aliphatic carbocycles. The molecule has 0 heterocycles. The van der Waals surface area contributed by atoms with Crippen molar-refractivity contribution in [2.24, 2.45) is 0 Å². The van der Waals surface area contributed by atoms with Crippen molar-refractivity contribution in [1.82, 2.24) is 0 Å². The van der Waals surface area contributed by atoms with Crippen LogP contribution in [0.5, 0.6) is 0 Å². The van der Waals surface area contributed by atoms with E-state index in [1.54, 1.807) is 18.2 Å². The third-order valence-electron chi connectivity index (χ3n) is 1.86. The third kappa shape index (κ3) is 2.18. The Hall–Kier alpha value is -1.09. The smallest absolute Gasteiger partial charge is 0.216 e. The molecule has 0 spiro atoms. The molecule has 2 nitrogen and oxygen atoms in total. The highest BCUT2D eigenvalue weighted by Crippen LogP contribution is 2.13. The van der Waals surface area contributed by atoms with Crippen LogP contribution in [-0.4, -0.2) is 10.9 Å². The maximum atomic E-state index is 11.1. The normalized spacial score (nSPS) is 9.77. The lowest BCUT2D eigenvalue weighted by atomic mass is 10.0. The van der Waals surface area contributed by atoms with Gasteiger partial charge in [-0.15, -0.1) is 12.6 Å². The minimum absolute atomic E-state index is 0.0334. The summed E-state index contributed by atoms with van der Waals surface area (Å²) in [7, 11) is 0. The van der Waals surface area contributed by atoms with Crippen LogP contribution in [0.4, 0.5) is 0 Å². The minimum atomic E-state index is -0.317. The number of benzene rings is 1. The SMILES string of the molecule is CC(=O)c1cc(C(=O)S)ccc1C. The number of aryl methyl sites for hydroxylation is 1. The molecule has 0 fully saturated rings. The lowest BCUT2D eigenvalue weighted by Crippen LogP contribution is -1.99. The van der Waals surface area contributed by atoms with Gasteiger partial charge >= 0.3 is 0 Å². The Labute approximate surface area is 82.4 Å². The summed E-state index contributed by atoms with van der Waals surface area (Å²) in [5.74, 6) is -0.0334. The van der Waals surface area contributed by atoms with Crippen molar-refractivity contribution < 1.29 is 9.59 Å². The van der Waals surface area contributed by atoms with E-state index >= 15 is 0 Å². The molecule has 0 unspecified atom stereocenters. The number of hydrogen-bond donors (Lipinski definition) is 1. The number of ketones is 1. The van der Waals surface area contributed by atoms with Crippen molar-refractivity contribution in [3.8, 4) is 0 Å². The summed E-state index contributed by atoms with van der Waals surface area (Å²) in [4.78, 5) is 22.0. The first-order valence-electron chi connectivity index (χ1n) is 3.87. The van der Waals surface area contributed by atoms with Crippen molar-refractivity contribution in [2.75, 3.05) is 0 Å². The van der Waals surface area contributed by atoms with Crippen molar-refractivity contribution in [2.45, 2.75) is 13.8 Å². The first-order valence-corrected chi connectivity index (χ1v) is 4.32. The molecule has 0 saturated carbocycles. The fraction of sp³-hybridized carbons (Fsp3) is 0.200. The van der Waals surface area contributed by atoms with Crippen LogP contribution in [-0.2, 0) is 0 Å². The second-order valence-electron chi connectivity index (χ2n) is 2.89. The highest BCUT2D eigenvalue weighted by atomic mass is 32.1. The molecule has 1 rings (SSSR count). The van der Waals surface area contributed by atoms with Gasteiger partial charge in [-0.1, -0.05) is 12.1 Å². The Bertz CT molecular complexity index is 369. The van der Waals surface area contributed by atoms with Gasteiger partial charge in [0.05, 0.1) is 0 Å². The zero-order chi connectivity index (χ0) is 10.0. The third-order valence-corrected chi connectivity index (χ3v) is 2.12. The summed E-state index contributed by atoms with van der Waals surface area (Å²) < 4.78 is 0. The van der Waals surface area contributed by atoms with Gasteiger partial charge in [-0.3, -0.25) is 9.59 Å². The quantitative estimate of drug-likeness (QED) is 0.579. The predicted octanol–water partition coefficient (Wildman–Crippen LogP) is 2.27. The van der Waals surface area contributed by atoms with Gasteiger partial charge in [0.1, 0.15) is 0 Å². The van der Waals surface area contributed by atoms with E-state index < -0.39 is 0 Å². The molecule has 0 aliphatic rings. The number of carbonyl (C=O) groups excluding carboxylic acids is 2. The van der Waals surface area contributed by atoms with E-state index in [1.165, 1.54) is 6.92 Å². The summed E-state index contributed by atoms with van der Waals surface area (Å²) in [6.07, 6.45) is 0. The van der Waals surface area contributed by atoms with E-state index in [9.17, 15) is 9.59 Å². The summed E-state index contributed by atoms with van der Waals surface area (Å²) >= 11 is 3.69. The standard InChI is InChI=1S/C10H10O2S/c1-6-3-4-8(10(12)13)5-9(6)7(2)11/h3-5H,1-2H3,(H,12,13). The van der Waals surface area contributed by atoms with E-state index in [2.05, 4.69) is 12.6 Å². The van der Waals surface area contributed by atoms with Gasteiger partial charge in [0.25, 0.3) is 0 Å². The average molecular weight is 194 g/mol. The highest BCUT2D eigenvalue weighted by molar-refractivity contribution is 7.97. The van der Waals surface area contributed by atoms with Gasteiger partial charge in [-0.05, 0) is 25.5 Å². The van der Waals surface area contributed by atoms with Gasteiger partial charge in [-0.2, -0.15) is 0 Å². The average Bonchev–Trinajstić information content (AvgIpc) is 2.04. The second kappa shape index (κ2) is 3.75. The molecular weight excluding hydrogens is 184 g/mol. The first kappa shape index (κ1) is 9.99. The Morgan fingerprint density at radius 3 is 2.38 bits per heavy atom. The van der Waals surface area contributed by atoms with Gasteiger partial charge in [0.2, 0.25) is 5.12 Å². The molecule has 0 N–H and O–H groups in total. The molecule has 0 amide bonds. The van der Waals surface area contributed by atoms with Crippen molar-refractivity contribution in [3.63, 3.8) is 0 Å². The molecule has 13 heavy (non-hydrogen) atoms. The Morgan fingerprint density at radius 2 is 1.92 bits per heavy atom. The molecule has 1 aromatic carbocycles. The van der Waals surface area contributed by atoms with Crippen LogP contribution < -0.4 is 0 Å². The molecule has 0 atom stereocenters. The zero-order valence-corrected chi connectivity index (χ0v) is 8.39. The van der Waals surface area contributed by atoms with E-state index in [-0.39, 0.29) is 10.9 Å². The maximum absolute atomic E-state index is 11.1. The van der Waals surface area contributed by atoms with Crippen molar-refractivity contribution in [1.29, 1.82) is 0 Å². The molecule has 68 valence electrons. The Morgan fingerprint density at radius 1 is 1.31 bits per heavy atom.